The van der Waals surface area contributed by atoms with Crippen molar-refractivity contribution in [2.45, 2.75) is 0 Å². The van der Waals surface area contributed by atoms with Gasteiger partial charge in [-0.25, -0.2) is 15.0 Å². The molecule has 0 radical (unpaired) electrons. The average Bonchev–Trinajstić information content (AvgIpc) is 3.56. The van der Waals surface area contributed by atoms with Crippen LogP contribution in [-0.4, -0.2) is 15.0 Å². The predicted octanol–water partition coefficient (Wildman–Crippen LogP) is 11.9. The molecule has 0 amide bonds. The fraction of sp³-hybridized carbons (Fsp3) is 0. The van der Waals surface area contributed by atoms with Gasteiger partial charge in [0.25, 0.3) is 0 Å². The minimum atomic E-state index is 0.572. The number of rotatable bonds is 4. The molecule has 0 saturated heterocycles. The van der Waals surface area contributed by atoms with E-state index in [1.54, 1.807) is 0 Å². The Morgan fingerprint density at radius 1 is 0.347 bits per heavy atom. The third-order valence-corrected chi connectivity index (χ3v) is 9.51. The van der Waals surface area contributed by atoms with E-state index in [0.29, 0.717) is 17.5 Å². The molecule has 10 rings (SSSR count). The first-order chi connectivity index (χ1) is 24.3. The first kappa shape index (κ1) is 27.5. The Labute approximate surface area is 282 Å². The molecule has 228 valence electrons. The average molecular weight is 626 g/mol. The number of hydrogen-bond donors (Lipinski definition) is 0. The van der Waals surface area contributed by atoms with E-state index in [9.17, 15) is 0 Å². The maximum atomic E-state index is 6.42. The van der Waals surface area contributed by atoms with Gasteiger partial charge >= 0.3 is 0 Å². The summed E-state index contributed by atoms with van der Waals surface area (Å²) in [5.41, 5.74) is 6.62. The molecule has 0 aliphatic rings. The molecule has 0 fully saturated rings. The Bertz CT molecular complexity index is 2890. The van der Waals surface area contributed by atoms with Crippen molar-refractivity contribution < 1.29 is 4.42 Å². The molecule has 0 aliphatic carbocycles. The van der Waals surface area contributed by atoms with Crippen LogP contribution in [0.25, 0.3) is 99.5 Å². The van der Waals surface area contributed by atoms with Gasteiger partial charge < -0.3 is 4.42 Å². The molecule has 0 aliphatic heterocycles. The van der Waals surface area contributed by atoms with Crippen molar-refractivity contribution in [2.24, 2.45) is 0 Å². The van der Waals surface area contributed by atoms with Gasteiger partial charge in [0.15, 0.2) is 17.5 Å². The largest absolute Gasteiger partial charge is 0.455 e. The highest BCUT2D eigenvalue weighted by Crippen LogP contribution is 2.37. The zero-order chi connectivity index (χ0) is 32.3. The summed E-state index contributed by atoms with van der Waals surface area (Å²) in [5, 5.41) is 9.38. The lowest BCUT2D eigenvalue weighted by Gasteiger charge is -2.12. The molecule has 0 unspecified atom stereocenters. The van der Waals surface area contributed by atoms with Crippen LogP contribution in [0.15, 0.2) is 168 Å². The molecule has 0 saturated carbocycles. The van der Waals surface area contributed by atoms with Gasteiger partial charge in [-0.05, 0) is 61.6 Å². The van der Waals surface area contributed by atoms with Crippen LogP contribution in [0.5, 0.6) is 0 Å². The lowest BCUT2D eigenvalue weighted by Crippen LogP contribution is -2.00. The van der Waals surface area contributed by atoms with Gasteiger partial charge in [0.1, 0.15) is 11.2 Å². The summed E-state index contributed by atoms with van der Waals surface area (Å²) in [7, 11) is 0. The molecule has 0 atom stereocenters. The molecule has 4 nitrogen and oxygen atoms in total. The molecule has 8 aromatic carbocycles. The highest BCUT2D eigenvalue weighted by Gasteiger charge is 2.18. The van der Waals surface area contributed by atoms with Crippen LogP contribution in [0.4, 0.5) is 0 Å². The second-order valence-electron chi connectivity index (χ2n) is 12.4. The Balaban J connectivity index is 1.15. The maximum Gasteiger partial charge on any atom is 0.167 e. The first-order valence-electron chi connectivity index (χ1n) is 16.4. The Hall–Kier alpha value is -6.65. The standard InChI is InChI=1S/C45H27N3O/c1-2-11-33-27-34(26-19-28(33)9-1)44-46-43(47-45(48-44)39-17-8-16-38-37-14-5-6-18-40(37)49-42(38)39)32-24-21-30(22-25-32)36-15-7-12-31-23-20-29-10-3-4-13-35(29)41(31)36/h1-27H. The lowest BCUT2D eigenvalue weighted by atomic mass is 9.93. The Morgan fingerprint density at radius 3 is 1.80 bits per heavy atom. The van der Waals surface area contributed by atoms with Crippen molar-refractivity contribution in [3.63, 3.8) is 0 Å². The summed E-state index contributed by atoms with van der Waals surface area (Å²) in [6.45, 7) is 0. The number of fused-ring (bicyclic) bond motifs is 7. The second kappa shape index (κ2) is 11.0. The van der Waals surface area contributed by atoms with E-state index in [1.807, 2.05) is 30.3 Å². The Morgan fingerprint density at radius 2 is 0.918 bits per heavy atom. The van der Waals surface area contributed by atoms with Gasteiger partial charge in [-0.2, -0.15) is 0 Å². The molecule has 4 heteroatoms. The van der Waals surface area contributed by atoms with Crippen molar-refractivity contribution >= 4 is 54.3 Å². The zero-order valence-corrected chi connectivity index (χ0v) is 26.3. The number of nitrogens with zero attached hydrogens (tertiary/aromatic N) is 3. The van der Waals surface area contributed by atoms with Gasteiger partial charge in [0, 0.05) is 21.9 Å². The van der Waals surface area contributed by atoms with Gasteiger partial charge in [-0.15, -0.1) is 0 Å². The SMILES string of the molecule is c1ccc2cc(-c3nc(-c4ccc(-c5cccc6ccc7ccccc7c56)cc4)nc(-c4cccc5c4oc4ccccc45)n3)ccc2c1. The highest BCUT2D eigenvalue weighted by atomic mass is 16.3. The van der Waals surface area contributed by atoms with Crippen molar-refractivity contribution in [1.29, 1.82) is 0 Å². The minimum Gasteiger partial charge on any atom is -0.455 e. The molecule has 10 aromatic rings. The third-order valence-electron chi connectivity index (χ3n) is 9.51. The quantitative estimate of drug-likeness (QED) is 0.183. The number of para-hydroxylation sites is 2. The van der Waals surface area contributed by atoms with Crippen molar-refractivity contribution in [3.05, 3.63) is 164 Å². The van der Waals surface area contributed by atoms with E-state index in [1.165, 1.54) is 32.5 Å². The van der Waals surface area contributed by atoms with E-state index in [0.717, 1.165) is 49.6 Å². The van der Waals surface area contributed by atoms with Crippen LogP contribution in [0.3, 0.4) is 0 Å². The van der Waals surface area contributed by atoms with E-state index in [4.69, 9.17) is 19.4 Å². The molecule has 49 heavy (non-hydrogen) atoms. The van der Waals surface area contributed by atoms with E-state index in [-0.39, 0.29) is 0 Å². The van der Waals surface area contributed by atoms with Crippen LogP contribution >= 0.6 is 0 Å². The molecule has 2 aromatic heterocycles. The van der Waals surface area contributed by atoms with E-state index in [2.05, 4.69) is 133 Å². The molecule has 0 bridgehead atoms. The molecular formula is C45H27N3O. The third kappa shape index (κ3) is 4.57. The smallest absolute Gasteiger partial charge is 0.167 e. The minimum absolute atomic E-state index is 0.572. The summed E-state index contributed by atoms with van der Waals surface area (Å²) in [4.78, 5) is 15.2. The number of furan rings is 1. The van der Waals surface area contributed by atoms with Gasteiger partial charge in [-0.3, -0.25) is 0 Å². The summed E-state index contributed by atoms with van der Waals surface area (Å²) in [6, 6.07) is 57.1. The highest BCUT2D eigenvalue weighted by molar-refractivity contribution is 6.14. The molecular weight excluding hydrogens is 599 g/mol. The summed E-state index contributed by atoms with van der Waals surface area (Å²) in [6.07, 6.45) is 0. The van der Waals surface area contributed by atoms with Crippen LogP contribution in [-0.2, 0) is 0 Å². The van der Waals surface area contributed by atoms with Crippen LogP contribution in [0.2, 0.25) is 0 Å². The lowest BCUT2D eigenvalue weighted by molar-refractivity contribution is 0.669. The van der Waals surface area contributed by atoms with Crippen molar-refractivity contribution in [1.82, 2.24) is 15.0 Å². The Kier molecular flexibility index (Phi) is 6.15. The van der Waals surface area contributed by atoms with Crippen LogP contribution < -0.4 is 0 Å². The van der Waals surface area contributed by atoms with Crippen molar-refractivity contribution in [2.75, 3.05) is 0 Å². The predicted molar refractivity (Wildman–Crippen MR) is 201 cm³/mol. The number of aromatic nitrogens is 3. The fourth-order valence-corrected chi connectivity index (χ4v) is 7.10. The van der Waals surface area contributed by atoms with Crippen LogP contribution in [0.1, 0.15) is 0 Å². The maximum absolute atomic E-state index is 6.42. The van der Waals surface area contributed by atoms with E-state index < -0.39 is 0 Å². The first-order valence-corrected chi connectivity index (χ1v) is 16.4. The normalized spacial score (nSPS) is 11.7. The monoisotopic (exact) mass is 625 g/mol. The molecule has 2 heterocycles. The summed E-state index contributed by atoms with van der Waals surface area (Å²) >= 11 is 0. The molecule has 0 N–H and O–H groups in total. The number of benzene rings is 8. The second-order valence-corrected chi connectivity index (χ2v) is 12.4. The topological polar surface area (TPSA) is 51.8 Å². The van der Waals surface area contributed by atoms with Crippen molar-refractivity contribution in [3.8, 4) is 45.3 Å². The van der Waals surface area contributed by atoms with Gasteiger partial charge in [-0.1, -0.05) is 146 Å². The van der Waals surface area contributed by atoms with Crippen LogP contribution in [0, 0.1) is 0 Å². The van der Waals surface area contributed by atoms with Gasteiger partial charge in [0.2, 0.25) is 0 Å². The van der Waals surface area contributed by atoms with Gasteiger partial charge in [0.05, 0.1) is 5.56 Å². The zero-order valence-electron chi connectivity index (χ0n) is 26.3. The summed E-state index contributed by atoms with van der Waals surface area (Å²) in [5.74, 6) is 1.79. The number of hydrogen-bond acceptors (Lipinski definition) is 4. The molecule has 0 spiro atoms. The fourth-order valence-electron chi connectivity index (χ4n) is 7.10. The summed E-state index contributed by atoms with van der Waals surface area (Å²) < 4.78 is 6.42. The van der Waals surface area contributed by atoms with E-state index >= 15 is 0 Å².